The van der Waals surface area contributed by atoms with Gasteiger partial charge in [0.1, 0.15) is 17.6 Å². The molecule has 5 atom stereocenters. The predicted molar refractivity (Wildman–Crippen MR) is 128 cm³/mol. The first-order valence-corrected chi connectivity index (χ1v) is 12.1. The zero-order valence-corrected chi connectivity index (χ0v) is 19.6. The monoisotopic (exact) mass is 444 g/mol. The number of nitrogens with zero attached hydrogens (tertiary/aromatic N) is 2. The predicted octanol–water partition coefficient (Wildman–Crippen LogP) is 3.91. The van der Waals surface area contributed by atoms with Crippen molar-refractivity contribution in [2.24, 2.45) is 5.92 Å². The Morgan fingerprint density at radius 1 is 1.27 bits per heavy atom. The molecule has 2 bridgehead atoms. The molecule has 2 aliphatic carbocycles. The van der Waals surface area contributed by atoms with Crippen LogP contribution in [0.25, 0.3) is 6.08 Å². The van der Waals surface area contributed by atoms with Crippen molar-refractivity contribution in [3.8, 4) is 11.5 Å². The van der Waals surface area contributed by atoms with E-state index in [9.17, 15) is 9.90 Å². The number of carbonyl (C=O) groups excluding carboxylic acids is 1. The van der Waals surface area contributed by atoms with Gasteiger partial charge in [0.2, 0.25) is 5.91 Å². The third-order valence-electron chi connectivity index (χ3n) is 8.89. The minimum atomic E-state index is -0.115. The number of benzene rings is 2. The Kier molecular flexibility index (Phi) is 4.64. The Morgan fingerprint density at radius 3 is 2.94 bits per heavy atom. The van der Waals surface area contributed by atoms with E-state index in [0.717, 1.165) is 49.1 Å². The summed E-state index contributed by atoms with van der Waals surface area (Å²) in [5, 5.41) is 10.7. The Morgan fingerprint density at radius 2 is 2.12 bits per heavy atom. The molecule has 33 heavy (non-hydrogen) atoms. The number of likely N-dealkylation sites (N-methyl/N-ethyl adjacent to an activating group) is 2. The highest BCUT2D eigenvalue weighted by Gasteiger charge is 2.66. The van der Waals surface area contributed by atoms with Gasteiger partial charge in [0.05, 0.1) is 6.04 Å². The molecule has 2 heterocycles. The summed E-state index contributed by atoms with van der Waals surface area (Å²) >= 11 is 0. The summed E-state index contributed by atoms with van der Waals surface area (Å²) in [7, 11) is 4.14. The van der Waals surface area contributed by atoms with Gasteiger partial charge < -0.3 is 19.6 Å². The number of hydrogen-bond donors (Lipinski definition) is 1. The van der Waals surface area contributed by atoms with Gasteiger partial charge in [-0.25, -0.2) is 0 Å². The maximum atomic E-state index is 13.2. The summed E-state index contributed by atoms with van der Waals surface area (Å²) in [6, 6.07) is 12.3. The molecular formula is C28H32N2O3. The molecule has 0 aromatic heterocycles. The van der Waals surface area contributed by atoms with E-state index in [1.54, 1.807) is 12.1 Å². The van der Waals surface area contributed by atoms with Crippen molar-refractivity contribution in [1.29, 1.82) is 0 Å². The van der Waals surface area contributed by atoms with Crippen LogP contribution < -0.4 is 4.74 Å². The van der Waals surface area contributed by atoms with Crippen LogP contribution in [0.3, 0.4) is 0 Å². The second-order valence-electron chi connectivity index (χ2n) is 10.5. The van der Waals surface area contributed by atoms with Crippen LogP contribution in [-0.4, -0.2) is 59.6 Å². The van der Waals surface area contributed by atoms with Crippen LogP contribution in [0.2, 0.25) is 0 Å². The second kappa shape index (κ2) is 7.36. The molecular weight excluding hydrogens is 412 g/mol. The summed E-state index contributed by atoms with van der Waals surface area (Å²) in [5.74, 6) is 1.83. The maximum Gasteiger partial charge on any atom is 0.246 e. The molecule has 0 radical (unpaired) electrons. The molecule has 0 unspecified atom stereocenters. The molecule has 1 spiro atoms. The van der Waals surface area contributed by atoms with E-state index < -0.39 is 0 Å². The van der Waals surface area contributed by atoms with Gasteiger partial charge in [-0.05, 0) is 75.9 Å². The lowest BCUT2D eigenvalue weighted by molar-refractivity contribution is -0.134. The van der Waals surface area contributed by atoms with Crippen molar-refractivity contribution in [2.75, 3.05) is 20.6 Å². The van der Waals surface area contributed by atoms with E-state index in [2.05, 4.69) is 31.0 Å². The SMILES string of the molecule is Cc1cccc(C=CC(=O)N(C)[C@H]2CC[C@H]3[C@H]4Cc5c(O)ccc6c5[C@@]3(CCN4C)[C@H]2O6)c1. The van der Waals surface area contributed by atoms with E-state index in [1.807, 2.05) is 36.2 Å². The fourth-order valence-corrected chi connectivity index (χ4v) is 7.34. The molecule has 1 N–H and O–H groups in total. The third kappa shape index (κ3) is 2.91. The van der Waals surface area contributed by atoms with Crippen molar-refractivity contribution in [3.63, 3.8) is 0 Å². The number of phenols is 1. The zero-order chi connectivity index (χ0) is 22.9. The molecule has 1 amide bonds. The van der Waals surface area contributed by atoms with Gasteiger partial charge in [-0.3, -0.25) is 4.79 Å². The van der Waals surface area contributed by atoms with Crippen molar-refractivity contribution in [2.45, 2.75) is 56.2 Å². The highest BCUT2D eigenvalue weighted by atomic mass is 16.5. The normalized spacial score (nSPS) is 31.8. The summed E-state index contributed by atoms with van der Waals surface area (Å²) in [6.07, 6.45) is 7.44. The topological polar surface area (TPSA) is 53.0 Å². The fourth-order valence-electron chi connectivity index (χ4n) is 7.34. The average molecular weight is 445 g/mol. The molecule has 2 aromatic rings. The number of hydrogen-bond acceptors (Lipinski definition) is 4. The summed E-state index contributed by atoms with van der Waals surface area (Å²) in [5.41, 5.74) is 4.41. The third-order valence-corrected chi connectivity index (χ3v) is 8.89. The molecule has 5 nitrogen and oxygen atoms in total. The molecule has 2 fully saturated rings. The zero-order valence-electron chi connectivity index (χ0n) is 19.6. The molecule has 2 aliphatic heterocycles. The highest BCUT2D eigenvalue weighted by Crippen LogP contribution is 2.63. The van der Waals surface area contributed by atoms with Crippen LogP contribution in [0.4, 0.5) is 0 Å². The van der Waals surface area contributed by atoms with Crippen LogP contribution >= 0.6 is 0 Å². The standard InChI is InChI=1S/C28H32N2O3/c1-17-5-4-6-18(15-17)7-12-25(32)30(3)21-9-8-20-22-16-19-23(31)10-11-24-26(19)28(20,27(21)33-24)13-14-29(22)2/h4-7,10-12,15,20-22,27,31H,8-9,13-14,16H2,1-3H3/t20-,21-,22+,27-,28-/m0/s1. The van der Waals surface area contributed by atoms with Gasteiger partial charge in [-0.1, -0.05) is 29.8 Å². The molecule has 1 saturated carbocycles. The van der Waals surface area contributed by atoms with Gasteiger partial charge in [0.25, 0.3) is 0 Å². The second-order valence-corrected chi connectivity index (χ2v) is 10.5. The van der Waals surface area contributed by atoms with Crippen LogP contribution in [0.1, 0.15) is 41.5 Å². The quantitative estimate of drug-likeness (QED) is 0.730. The van der Waals surface area contributed by atoms with Gasteiger partial charge in [-0.2, -0.15) is 0 Å². The first kappa shape index (κ1) is 20.8. The van der Waals surface area contributed by atoms with Gasteiger partial charge in [0, 0.05) is 35.7 Å². The minimum Gasteiger partial charge on any atom is -0.508 e. The number of amides is 1. The number of phenolic OH excluding ortho intramolecular Hbond substituents is 1. The number of aromatic hydroxyl groups is 1. The lowest BCUT2D eigenvalue weighted by Gasteiger charge is -2.59. The van der Waals surface area contributed by atoms with Crippen molar-refractivity contribution < 1.29 is 14.6 Å². The van der Waals surface area contributed by atoms with Crippen molar-refractivity contribution in [1.82, 2.24) is 9.80 Å². The first-order valence-electron chi connectivity index (χ1n) is 12.1. The maximum absolute atomic E-state index is 13.2. The summed E-state index contributed by atoms with van der Waals surface area (Å²) in [6.45, 7) is 3.08. The number of carbonyl (C=O) groups is 1. The number of piperidine rings is 1. The van der Waals surface area contributed by atoms with E-state index in [0.29, 0.717) is 17.7 Å². The molecule has 172 valence electrons. The Hall–Kier alpha value is -2.79. The number of ether oxygens (including phenoxy) is 1. The van der Waals surface area contributed by atoms with Gasteiger partial charge >= 0.3 is 0 Å². The number of aryl methyl sites for hydroxylation is 1. The lowest BCUT2D eigenvalue weighted by Crippen LogP contribution is -2.68. The van der Waals surface area contributed by atoms with Crippen LogP contribution in [0, 0.1) is 12.8 Å². The fraction of sp³-hybridized carbons (Fsp3) is 0.464. The molecule has 5 heteroatoms. The Bertz CT molecular complexity index is 1160. The average Bonchev–Trinajstić information content (AvgIpc) is 3.14. The molecule has 4 aliphatic rings. The van der Waals surface area contributed by atoms with Crippen LogP contribution in [0.15, 0.2) is 42.5 Å². The minimum absolute atomic E-state index is 0.0132. The van der Waals surface area contributed by atoms with Crippen molar-refractivity contribution in [3.05, 3.63) is 64.7 Å². The van der Waals surface area contributed by atoms with E-state index in [-0.39, 0.29) is 23.5 Å². The first-order chi connectivity index (χ1) is 15.9. The molecule has 1 saturated heterocycles. The number of rotatable bonds is 3. The van der Waals surface area contributed by atoms with E-state index in [4.69, 9.17) is 4.74 Å². The highest BCUT2D eigenvalue weighted by molar-refractivity contribution is 5.92. The Labute approximate surface area is 195 Å². The van der Waals surface area contributed by atoms with Crippen LogP contribution in [0.5, 0.6) is 11.5 Å². The number of likely N-dealkylation sites (tertiary alicyclic amines) is 1. The van der Waals surface area contributed by atoms with Gasteiger partial charge in [-0.15, -0.1) is 0 Å². The summed E-state index contributed by atoms with van der Waals surface area (Å²) in [4.78, 5) is 17.6. The Balaban J connectivity index is 1.34. The smallest absolute Gasteiger partial charge is 0.246 e. The van der Waals surface area contributed by atoms with Crippen LogP contribution in [-0.2, 0) is 16.6 Å². The van der Waals surface area contributed by atoms with Crippen molar-refractivity contribution >= 4 is 12.0 Å². The largest absolute Gasteiger partial charge is 0.508 e. The van der Waals surface area contributed by atoms with E-state index >= 15 is 0 Å². The van der Waals surface area contributed by atoms with Gasteiger partial charge in [0.15, 0.2) is 0 Å². The molecule has 2 aromatic carbocycles. The molecule has 6 rings (SSSR count). The lowest BCUT2D eigenvalue weighted by atomic mass is 9.51. The summed E-state index contributed by atoms with van der Waals surface area (Å²) < 4.78 is 6.68. The van der Waals surface area contributed by atoms with E-state index in [1.165, 1.54) is 11.1 Å².